The molecule has 2 N–H and O–H groups in total. The number of aryl methyl sites for hydroxylation is 3. The smallest absolute Gasteiger partial charge is 0.220 e. The van der Waals surface area contributed by atoms with Gasteiger partial charge in [-0.25, -0.2) is 0 Å². The summed E-state index contributed by atoms with van der Waals surface area (Å²) < 4.78 is 0. The molecule has 1 aliphatic heterocycles. The summed E-state index contributed by atoms with van der Waals surface area (Å²) in [5.74, 6) is 0.137. The fourth-order valence-corrected chi connectivity index (χ4v) is 3.87. The minimum Gasteiger partial charge on any atom is -0.353 e. The molecule has 1 saturated heterocycles. The van der Waals surface area contributed by atoms with Gasteiger partial charge in [-0.05, 0) is 62.5 Å². The third-order valence-corrected chi connectivity index (χ3v) is 5.61. The number of rotatable bonds is 5. The average Bonchev–Trinajstić information content (AvgIpc) is 2.70. The number of carbonyl (C=O) groups excluding carboxylic acids is 1. The second-order valence-corrected chi connectivity index (χ2v) is 7.95. The van der Waals surface area contributed by atoms with Crippen LogP contribution in [0.4, 0.5) is 5.69 Å². The molecule has 3 rings (SSSR count). The van der Waals surface area contributed by atoms with Crippen LogP contribution in [-0.4, -0.2) is 35.1 Å². The summed E-state index contributed by atoms with van der Waals surface area (Å²) in [5, 5.41) is 7.32. The standard InChI is InChI=1S/C23H29N3OS/c1-17-8-10-21(18(2)16-17)25-23(28)26-14-12-20(13-15-26)24-22(27)11-9-19-6-4-3-5-7-19/h3-8,10,16,20H,9,11-15H2,1-2H3,(H,24,27)(H,25,28). The highest BCUT2D eigenvalue weighted by atomic mass is 32.1. The van der Waals surface area contributed by atoms with E-state index < -0.39 is 0 Å². The number of hydrogen-bond donors (Lipinski definition) is 2. The zero-order valence-corrected chi connectivity index (χ0v) is 17.5. The molecular formula is C23H29N3OS. The first-order valence-corrected chi connectivity index (χ1v) is 10.4. The number of anilines is 1. The lowest BCUT2D eigenvalue weighted by molar-refractivity contribution is -0.122. The number of thiocarbonyl (C=S) groups is 1. The Balaban J connectivity index is 1.41. The molecule has 148 valence electrons. The van der Waals surface area contributed by atoms with Crippen molar-refractivity contribution in [2.45, 2.75) is 45.6 Å². The molecule has 0 saturated carbocycles. The maximum absolute atomic E-state index is 12.2. The molecule has 2 aromatic rings. The van der Waals surface area contributed by atoms with E-state index in [1.54, 1.807) is 0 Å². The lowest BCUT2D eigenvalue weighted by Crippen LogP contribution is -2.47. The number of nitrogens with zero attached hydrogens (tertiary/aromatic N) is 1. The van der Waals surface area contributed by atoms with E-state index in [0.717, 1.165) is 43.2 Å². The quantitative estimate of drug-likeness (QED) is 0.744. The number of nitrogens with one attached hydrogen (secondary N) is 2. The van der Waals surface area contributed by atoms with E-state index in [9.17, 15) is 4.79 Å². The molecule has 28 heavy (non-hydrogen) atoms. The fourth-order valence-electron chi connectivity index (χ4n) is 3.58. The van der Waals surface area contributed by atoms with E-state index in [2.05, 4.69) is 59.7 Å². The molecule has 1 amide bonds. The van der Waals surface area contributed by atoms with Gasteiger partial charge in [-0.2, -0.15) is 0 Å². The van der Waals surface area contributed by atoms with Crippen LogP contribution in [0.2, 0.25) is 0 Å². The van der Waals surface area contributed by atoms with Crippen molar-refractivity contribution < 1.29 is 4.79 Å². The zero-order valence-electron chi connectivity index (χ0n) is 16.7. The van der Waals surface area contributed by atoms with Gasteiger partial charge in [0.2, 0.25) is 5.91 Å². The number of amides is 1. The number of benzene rings is 2. The Kier molecular flexibility index (Phi) is 7.04. The predicted octanol–water partition coefficient (Wildman–Crippen LogP) is 4.21. The molecule has 4 nitrogen and oxygen atoms in total. The summed E-state index contributed by atoms with van der Waals surface area (Å²) in [6.45, 7) is 5.91. The molecule has 1 heterocycles. The van der Waals surface area contributed by atoms with Crippen LogP contribution in [0.5, 0.6) is 0 Å². The highest BCUT2D eigenvalue weighted by Crippen LogP contribution is 2.18. The second kappa shape index (κ2) is 9.69. The van der Waals surface area contributed by atoms with Crippen molar-refractivity contribution in [3.63, 3.8) is 0 Å². The van der Waals surface area contributed by atoms with Crippen LogP contribution in [-0.2, 0) is 11.2 Å². The topological polar surface area (TPSA) is 44.4 Å². The third-order valence-electron chi connectivity index (χ3n) is 5.25. The van der Waals surface area contributed by atoms with Crippen molar-refractivity contribution in [3.8, 4) is 0 Å². The van der Waals surface area contributed by atoms with Crippen molar-refractivity contribution in [3.05, 3.63) is 65.2 Å². The molecule has 0 atom stereocenters. The van der Waals surface area contributed by atoms with Gasteiger partial charge in [-0.15, -0.1) is 0 Å². The lowest BCUT2D eigenvalue weighted by atomic mass is 10.0. The van der Waals surface area contributed by atoms with Gasteiger partial charge in [0, 0.05) is 31.2 Å². The largest absolute Gasteiger partial charge is 0.353 e. The SMILES string of the molecule is Cc1ccc(NC(=S)N2CCC(NC(=O)CCc3ccccc3)CC2)c(C)c1. The molecule has 0 spiro atoms. The van der Waals surface area contributed by atoms with Crippen molar-refractivity contribution in [1.82, 2.24) is 10.2 Å². The van der Waals surface area contributed by atoms with Gasteiger partial charge < -0.3 is 15.5 Å². The predicted molar refractivity (Wildman–Crippen MR) is 120 cm³/mol. The molecule has 5 heteroatoms. The van der Waals surface area contributed by atoms with Crippen molar-refractivity contribution in [1.29, 1.82) is 0 Å². The normalized spacial score (nSPS) is 14.6. The number of carbonyl (C=O) groups is 1. The highest BCUT2D eigenvalue weighted by molar-refractivity contribution is 7.80. The second-order valence-electron chi connectivity index (χ2n) is 7.56. The van der Waals surface area contributed by atoms with Gasteiger partial charge in [0.15, 0.2) is 5.11 Å². The lowest BCUT2D eigenvalue weighted by Gasteiger charge is -2.34. The maximum Gasteiger partial charge on any atom is 0.220 e. The van der Waals surface area contributed by atoms with Crippen LogP contribution in [0, 0.1) is 13.8 Å². The van der Waals surface area contributed by atoms with Crippen molar-refractivity contribution in [2.75, 3.05) is 18.4 Å². The summed E-state index contributed by atoms with van der Waals surface area (Å²) in [6.07, 6.45) is 3.17. The van der Waals surface area contributed by atoms with E-state index in [1.165, 1.54) is 16.7 Å². The Morgan fingerprint density at radius 2 is 1.82 bits per heavy atom. The molecule has 1 fully saturated rings. The number of likely N-dealkylation sites (tertiary alicyclic amines) is 1. The Morgan fingerprint density at radius 1 is 1.11 bits per heavy atom. The molecule has 0 unspecified atom stereocenters. The summed E-state index contributed by atoms with van der Waals surface area (Å²) in [5.41, 5.74) is 4.71. The van der Waals surface area contributed by atoms with E-state index >= 15 is 0 Å². The highest BCUT2D eigenvalue weighted by Gasteiger charge is 2.22. The van der Waals surface area contributed by atoms with Crippen LogP contribution in [0.3, 0.4) is 0 Å². The Hall–Kier alpha value is -2.40. The molecule has 0 bridgehead atoms. The summed E-state index contributed by atoms with van der Waals surface area (Å²) in [7, 11) is 0. The molecule has 0 aromatic heterocycles. The van der Waals surface area contributed by atoms with E-state index in [1.807, 2.05) is 18.2 Å². The van der Waals surface area contributed by atoms with Gasteiger partial charge in [0.1, 0.15) is 0 Å². The molecule has 0 radical (unpaired) electrons. The van der Waals surface area contributed by atoms with Crippen molar-refractivity contribution in [2.24, 2.45) is 0 Å². The number of piperidine rings is 1. The van der Waals surface area contributed by atoms with Crippen LogP contribution < -0.4 is 10.6 Å². The van der Waals surface area contributed by atoms with Gasteiger partial charge >= 0.3 is 0 Å². The molecular weight excluding hydrogens is 366 g/mol. The third kappa shape index (κ3) is 5.80. The monoisotopic (exact) mass is 395 g/mol. The average molecular weight is 396 g/mol. The summed E-state index contributed by atoms with van der Waals surface area (Å²) in [4.78, 5) is 14.4. The summed E-state index contributed by atoms with van der Waals surface area (Å²) >= 11 is 5.60. The van der Waals surface area contributed by atoms with Gasteiger partial charge in [-0.1, -0.05) is 48.0 Å². The van der Waals surface area contributed by atoms with E-state index in [0.29, 0.717) is 6.42 Å². The zero-order chi connectivity index (χ0) is 19.9. The number of hydrogen-bond acceptors (Lipinski definition) is 2. The Labute approximate surface area is 173 Å². The Bertz CT molecular complexity index is 814. The van der Waals surface area contributed by atoms with Gasteiger partial charge in [0.05, 0.1) is 0 Å². The molecule has 0 aliphatic carbocycles. The fraction of sp³-hybridized carbons (Fsp3) is 0.391. The summed E-state index contributed by atoms with van der Waals surface area (Å²) in [6, 6.07) is 16.7. The van der Waals surface area contributed by atoms with Crippen LogP contribution >= 0.6 is 12.2 Å². The first-order valence-electron chi connectivity index (χ1n) is 9.98. The first-order chi connectivity index (χ1) is 13.5. The minimum absolute atomic E-state index is 0.137. The molecule has 1 aliphatic rings. The van der Waals surface area contributed by atoms with E-state index in [4.69, 9.17) is 12.2 Å². The van der Waals surface area contributed by atoms with Gasteiger partial charge in [0.25, 0.3) is 0 Å². The minimum atomic E-state index is 0.137. The first kappa shape index (κ1) is 20.3. The maximum atomic E-state index is 12.2. The Morgan fingerprint density at radius 3 is 2.50 bits per heavy atom. The molecule has 2 aromatic carbocycles. The van der Waals surface area contributed by atoms with Crippen molar-refractivity contribution >= 4 is 28.9 Å². The van der Waals surface area contributed by atoms with Crippen LogP contribution in [0.25, 0.3) is 0 Å². The van der Waals surface area contributed by atoms with E-state index in [-0.39, 0.29) is 11.9 Å². The van der Waals surface area contributed by atoms with Crippen LogP contribution in [0.15, 0.2) is 48.5 Å². The van der Waals surface area contributed by atoms with Crippen LogP contribution in [0.1, 0.15) is 36.0 Å². The van der Waals surface area contributed by atoms with Gasteiger partial charge in [-0.3, -0.25) is 4.79 Å².